The van der Waals surface area contributed by atoms with Gasteiger partial charge in [-0.25, -0.2) is 0 Å². The molecule has 0 aliphatic carbocycles. The first-order valence-corrected chi connectivity index (χ1v) is 6.08. The Morgan fingerprint density at radius 2 is 2.17 bits per heavy atom. The molecule has 1 heterocycles. The van der Waals surface area contributed by atoms with E-state index in [-0.39, 0.29) is 18.6 Å². The lowest BCUT2D eigenvalue weighted by atomic mass is 9.87. The van der Waals surface area contributed by atoms with Crippen molar-refractivity contribution in [1.29, 1.82) is 0 Å². The van der Waals surface area contributed by atoms with Crippen molar-refractivity contribution in [2.45, 2.75) is 30.8 Å². The predicted octanol–water partition coefficient (Wildman–Crippen LogP) is 0.749. The van der Waals surface area contributed by atoms with Crippen LogP contribution in [-0.2, 0) is 4.79 Å². The van der Waals surface area contributed by atoms with Crippen LogP contribution in [0.15, 0.2) is 24.3 Å². The molecule has 0 saturated heterocycles. The molecule has 3 atom stereocenters. The first-order valence-electron chi connectivity index (χ1n) is 6.08. The van der Waals surface area contributed by atoms with Crippen molar-refractivity contribution in [2.24, 2.45) is 5.73 Å². The highest BCUT2D eigenvalue weighted by Crippen LogP contribution is 2.39. The monoisotopic (exact) mass is 250 g/mol. The van der Waals surface area contributed by atoms with Crippen molar-refractivity contribution in [2.75, 3.05) is 11.9 Å². The van der Waals surface area contributed by atoms with Crippen LogP contribution in [0.3, 0.4) is 0 Å². The number of carbonyl (C=O) groups is 1. The van der Waals surface area contributed by atoms with Gasteiger partial charge in [-0.15, -0.1) is 0 Å². The quantitative estimate of drug-likeness (QED) is 0.618. The minimum atomic E-state index is -0.984. The van der Waals surface area contributed by atoms with E-state index in [1.165, 1.54) is 0 Å². The van der Waals surface area contributed by atoms with Gasteiger partial charge in [-0.2, -0.15) is 0 Å². The summed E-state index contributed by atoms with van der Waals surface area (Å²) in [6.45, 7) is 0.0739. The van der Waals surface area contributed by atoms with E-state index >= 15 is 0 Å². The fourth-order valence-electron chi connectivity index (χ4n) is 2.55. The molecule has 0 saturated carbocycles. The van der Waals surface area contributed by atoms with Gasteiger partial charge in [0.25, 0.3) is 0 Å². The Labute approximate surface area is 106 Å². The van der Waals surface area contributed by atoms with Gasteiger partial charge < -0.3 is 21.3 Å². The summed E-state index contributed by atoms with van der Waals surface area (Å²) in [6, 6.07) is 7.00. The van der Waals surface area contributed by atoms with Crippen LogP contribution < -0.4 is 11.1 Å². The highest BCUT2D eigenvalue weighted by molar-refractivity contribution is 5.73. The minimum Gasteiger partial charge on any atom is -0.480 e. The number of para-hydroxylation sites is 1. The van der Waals surface area contributed by atoms with Gasteiger partial charge in [-0.05, 0) is 24.5 Å². The third-order valence-corrected chi connectivity index (χ3v) is 3.45. The maximum atomic E-state index is 10.9. The molecule has 1 aliphatic heterocycles. The van der Waals surface area contributed by atoms with Crippen molar-refractivity contribution < 1.29 is 15.0 Å². The van der Waals surface area contributed by atoms with Crippen molar-refractivity contribution in [1.82, 2.24) is 0 Å². The summed E-state index contributed by atoms with van der Waals surface area (Å²) in [5.74, 6) is -0.943. The van der Waals surface area contributed by atoms with Crippen LogP contribution in [0.5, 0.6) is 0 Å². The first kappa shape index (κ1) is 12.9. The number of aliphatic hydroxyl groups is 1. The van der Waals surface area contributed by atoms with Gasteiger partial charge >= 0.3 is 5.97 Å². The van der Waals surface area contributed by atoms with Crippen LogP contribution in [0, 0.1) is 0 Å². The molecule has 5 N–H and O–H groups in total. The zero-order valence-electron chi connectivity index (χ0n) is 10.0. The second-order valence-corrected chi connectivity index (χ2v) is 4.64. The molecule has 18 heavy (non-hydrogen) atoms. The summed E-state index contributed by atoms with van der Waals surface area (Å²) in [6.07, 6.45) is 0.968. The van der Waals surface area contributed by atoms with E-state index < -0.39 is 12.0 Å². The fraction of sp³-hybridized carbons (Fsp3) is 0.462. The third kappa shape index (κ3) is 2.47. The van der Waals surface area contributed by atoms with E-state index in [1.807, 2.05) is 24.3 Å². The summed E-state index contributed by atoms with van der Waals surface area (Å²) in [5.41, 5.74) is 7.72. The largest absolute Gasteiger partial charge is 0.480 e. The molecular formula is C13H18N2O3. The molecule has 1 aliphatic rings. The van der Waals surface area contributed by atoms with E-state index in [0.29, 0.717) is 12.8 Å². The number of aliphatic carboxylic acids is 1. The van der Waals surface area contributed by atoms with E-state index in [2.05, 4.69) is 5.32 Å². The van der Waals surface area contributed by atoms with Crippen molar-refractivity contribution in [3.63, 3.8) is 0 Å². The van der Waals surface area contributed by atoms with Crippen LogP contribution in [0.2, 0.25) is 0 Å². The lowest BCUT2D eigenvalue weighted by Crippen LogP contribution is -2.35. The molecule has 1 aromatic rings. The molecule has 0 spiro atoms. The molecular weight excluding hydrogens is 232 g/mol. The number of hydrogen-bond acceptors (Lipinski definition) is 4. The Kier molecular flexibility index (Phi) is 3.84. The second-order valence-electron chi connectivity index (χ2n) is 4.64. The Morgan fingerprint density at radius 1 is 1.44 bits per heavy atom. The second kappa shape index (κ2) is 5.37. The molecule has 0 unspecified atom stereocenters. The molecule has 2 rings (SSSR count). The van der Waals surface area contributed by atoms with E-state index in [9.17, 15) is 4.79 Å². The van der Waals surface area contributed by atoms with E-state index in [4.69, 9.17) is 15.9 Å². The number of hydrogen-bond donors (Lipinski definition) is 4. The maximum Gasteiger partial charge on any atom is 0.320 e. The van der Waals surface area contributed by atoms with Gasteiger partial charge in [-0.1, -0.05) is 18.2 Å². The molecule has 0 radical (unpaired) electrons. The fourth-order valence-corrected chi connectivity index (χ4v) is 2.55. The molecule has 0 bridgehead atoms. The SMILES string of the molecule is N[C@@H](C[C@@H]1c2ccccc2N[C@@H]1CCO)C(=O)O. The average Bonchev–Trinajstić information content (AvgIpc) is 2.68. The summed E-state index contributed by atoms with van der Waals surface area (Å²) in [5, 5.41) is 21.3. The number of carboxylic acids is 1. The van der Waals surface area contributed by atoms with Gasteiger partial charge in [-0.3, -0.25) is 4.79 Å². The number of nitrogens with two attached hydrogens (primary N) is 1. The predicted molar refractivity (Wildman–Crippen MR) is 68.5 cm³/mol. The Balaban J connectivity index is 2.20. The summed E-state index contributed by atoms with van der Waals surface area (Å²) < 4.78 is 0. The number of fused-ring (bicyclic) bond motifs is 1. The maximum absolute atomic E-state index is 10.9. The lowest BCUT2D eigenvalue weighted by Gasteiger charge is -2.21. The number of rotatable bonds is 5. The van der Waals surface area contributed by atoms with Crippen molar-refractivity contribution in [3.05, 3.63) is 29.8 Å². The molecule has 0 amide bonds. The Morgan fingerprint density at radius 3 is 2.83 bits per heavy atom. The Bertz CT molecular complexity index is 436. The van der Waals surface area contributed by atoms with Gasteiger partial charge in [0.05, 0.1) is 0 Å². The molecule has 5 heteroatoms. The van der Waals surface area contributed by atoms with Crippen LogP contribution in [0.4, 0.5) is 5.69 Å². The highest BCUT2D eigenvalue weighted by Gasteiger charge is 2.33. The summed E-state index contributed by atoms with van der Waals surface area (Å²) >= 11 is 0. The van der Waals surface area contributed by atoms with Crippen LogP contribution in [0.1, 0.15) is 24.3 Å². The molecule has 0 aromatic heterocycles. The standard InChI is InChI=1S/C13H18N2O3/c14-10(13(17)18)7-9-8-3-1-2-4-11(8)15-12(9)5-6-16/h1-4,9-10,12,15-16H,5-7,14H2,(H,17,18)/t9-,10+,12-/m1/s1. The van der Waals surface area contributed by atoms with Gasteiger partial charge in [0.2, 0.25) is 0 Å². The van der Waals surface area contributed by atoms with Crippen LogP contribution in [0.25, 0.3) is 0 Å². The zero-order chi connectivity index (χ0) is 13.1. The van der Waals surface area contributed by atoms with Crippen molar-refractivity contribution >= 4 is 11.7 Å². The number of anilines is 1. The molecule has 1 aromatic carbocycles. The Hall–Kier alpha value is -1.59. The van der Waals surface area contributed by atoms with E-state index in [0.717, 1.165) is 11.3 Å². The average molecular weight is 250 g/mol. The smallest absolute Gasteiger partial charge is 0.320 e. The number of aliphatic hydroxyl groups excluding tert-OH is 1. The molecule has 98 valence electrons. The number of nitrogens with one attached hydrogen (secondary N) is 1. The van der Waals surface area contributed by atoms with E-state index in [1.54, 1.807) is 0 Å². The number of benzene rings is 1. The molecule has 0 fully saturated rings. The highest BCUT2D eigenvalue weighted by atomic mass is 16.4. The topological polar surface area (TPSA) is 95.6 Å². The summed E-state index contributed by atoms with van der Waals surface area (Å²) in [4.78, 5) is 10.9. The number of carboxylic acid groups (broad SMARTS) is 1. The first-order chi connectivity index (χ1) is 8.63. The normalized spacial score (nSPS) is 23.2. The van der Waals surface area contributed by atoms with Gasteiger partial charge in [0.1, 0.15) is 6.04 Å². The molecule has 5 nitrogen and oxygen atoms in total. The zero-order valence-corrected chi connectivity index (χ0v) is 10.0. The summed E-state index contributed by atoms with van der Waals surface area (Å²) in [7, 11) is 0. The van der Waals surface area contributed by atoms with Crippen molar-refractivity contribution in [3.8, 4) is 0 Å². The minimum absolute atomic E-state index is 0.0412. The van der Waals surface area contributed by atoms with Gasteiger partial charge in [0.15, 0.2) is 0 Å². The van der Waals surface area contributed by atoms with Crippen LogP contribution in [-0.4, -0.2) is 34.9 Å². The lowest BCUT2D eigenvalue weighted by molar-refractivity contribution is -0.138. The third-order valence-electron chi connectivity index (χ3n) is 3.45. The van der Waals surface area contributed by atoms with Crippen LogP contribution >= 0.6 is 0 Å². The van der Waals surface area contributed by atoms with Gasteiger partial charge in [0, 0.05) is 24.3 Å².